The highest BCUT2D eigenvalue weighted by atomic mass is 32.2. The fourth-order valence-corrected chi connectivity index (χ4v) is 8.77. The summed E-state index contributed by atoms with van der Waals surface area (Å²) < 4.78 is 0. The van der Waals surface area contributed by atoms with Gasteiger partial charge in [0.25, 0.3) is 0 Å². The molecule has 0 saturated carbocycles. The average molecular weight is 700 g/mol. The van der Waals surface area contributed by atoms with Crippen LogP contribution in [0.4, 0.5) is 0 Å². The Morgan fingerprint density at radius 2 is 1.32 bits per heavy atom. The first-order chi connectivity index (χ1) is 25.9. The molecule has 0 spiro atoms. The lowest BCUT2D eigenvalue weighted by Crippen LogP contribution is -2.17. The summed E-state index contributed by atoms with van der Waals surface area (Å²) in [6.45, 7) is 9.01. The third-order valence-corrected chi connectivity index (χ3v) is 11.5. The highest BCUT2D eigenvalue weighted by molar-refractivity contribution is 8.00. The topological polar surface area (TPSA) is 38.7 Å². The van der Waals surface area contributed by atoms with Crippen LogP contribution >= 0.6 is 11.8 Å². The van der Waals surface area contributed by atoms with Crippen LogP contribution in [0.2, 0.25) is 0 Å². The van der Waals surface area contributed by atoms with Crippen LogP contribution in [0.25, 0.3) is 67.3 Å². The van der Waals surface area contributed by atoms with E-state index >= 15 is 0 Å². The minimum absolute atomic E-state index is 0.272. The summed E-state index contributed by atoms with van der Waals surface area (Å²) in [7, 11) is 0. The molecule has 5 aromatic carbocycles. The SMILES string of the molecule is C=C(/C=C\C=C1/CSc2ccccc21)c1cccc(-c2cccc(-c3nc(-c4cccc(-c5cccnc5)c4)nc4c3C(C)(C)c3ccccc3-4)c2)c1. The van der Waals surface area contributed by atoms with Gasteiger partial charge in [0.1, 0.15) is 0 Å². The maximum atomic E-state index is 5.40. The summed E-state index contributed by atoms with van der Waals surface area (Å²) in [4.78, 5) is 16.4. The van der Waals surface area contributed by atoms with E-state index in [1.807, 2.05) is 24.0 Å². The second-order valence-electron chi connectivity index (χ2n) is 14.1. The zero-order valence-electron chi connectivity index (χ0n) is 29.8. The van der Waals surface area contributed by atoms with Crippen molar-refractivity contribution in [3.8, 4) is 56.2 Å². The minimum atomic E-state index is -0.272. The van der Waals surface area contributed by atoms with Gasteiger partial charge < -0.3 is 0 Å². The van der Waals surface area contributed by atoms with Crippen LogP contribution in [0.1, 0.15) is 36.1 Å². The number of thioether (sulfide) groups is 1. The fourth-order valence-electron chi connectivity index (χ4n) is 7.68. The Kier molecular flexibility index (Phi) is 8.33. The molecule has 0 radical (unpaired) electrons. The molecule has 4 heteroatoms. The third kappa shape index (κ3) is 6.05. The molecular formula is C49H37N3S. The summed E-state index contributed by atoms with van der Waals surface area (Å²) in [5.74, 6) is 1.71. The quantitative estimate of drug-likeness (QED) is 0.155. The maximum Gasteiger partial charge on any atom is 0.160 e. The van der Waals surface area contributed by atoms with Crippen molar-refractivity contribution < 1.29 is 0 Å². The zero-order chi connectivity index (χ0) is 35.9. The van der Waals surface area contributed by atoms with E-state index < -0.39 is 0 Å². The molecule has 0 saturated heterocycles. The average Bonchev–Trinajstić information content (AvgIpc) is 3.73. The Hall–Kier alpha value is -6.10. The van der Waals surface area contributed by atoms with Crippen LogP contribution < -0.4 is 0 Å². The number of benzene rings is 5. The molecule has 0 unspecified atom stereocenters. The molecule has 3 heterocycles. The lowest BCUT2D eigenvalue weighted by atomic mass is 9.80. The molecule has 0 atom stereocenters. The van der Waals surface area contributed by atoms with Gasteiger partial charge in [-0.25, -0.2) is 9.97 Å². The van der Waals surface area contributed by atoms with Crippen LogP contribution in [0, 0.1) is 0 Å². The molecule has 0 N–H and O–H groups in total. The van der Waals surface area contributed by atoms with Gasteiger partial charge in [-0.1, -0.05) is 142 Å². The smallest absolute Gasteiger partial charge is 0.160 e. The van der Waals surface area contributed by atoms with Crippen LogP contribution in [-0.2, 0) is 5.41 Å². The van der Waals surface area contributed by atoms with Gasteiger partial charge >= 0.3 is 0 Å². The standard InChI is InChI=1S/C49H37N3S/c1-32(13-8-20-40-31-53-44-25-7-5-22-41(40)44)33-14-9-15-34(27-33)35-16-10-18-37(28-35)46-45-47(42-23-4-6-24-43(42)49(45,2)3)52-48(51-46)38-19-11-17-36(29-38)39-21-12-26-50-30-39/h4-30H,1,31H2,2-3H3/b13-8-,40-20+. The Labute approximate surface area is 315 Å². The number of hydrogen-bond donors (Lipinski definition) is 0. The number of fused-ring (bicyclic) bond motifs is 4. The monoisotopic (exact) mass is 699 g/mol. The van der Waals surface area contributed by atoms with E-state index in [4.69, 9.17) is 9.97 Å². The maximum absolute atomic E-state index is 5.40. The van der Waals surface area contributed by atoms with Crippen molar-refractivity contribution in [2.45, 2.75) is 24.2 Å². The van der Waals surface area contributed by atoms with E-state index in [-0.39, 0.29) is 5.41 Å². The number of hydrogen-bond acceptors (Lipinski definition) is 4. The molecule has 0 amide bonds. The van der Waals surface area contributed by atoms with Crippen LogP contribution in [0.15, 0.2) is 176 Å². The van der Waals surface area contributed by atoms with Gasteiger partial charge in [0.2, 0.25) is 0 Å². The molecule has 2 aliphatic rings. The second-order valence-corrected chi connectivity index (χ2v) is 15.2. The normalized spacial score (nSPS) is 14.6. The van der Waals surface area contributed by atoms with E-state index in [1.54, 1.807) is 6.20 Å². The van der Waals surface area contributed by atoms with Crippen molar-refractivity contribution >= 4 is 22.9 Å². The molecule has 53 heavy (non-hydrogen) atoms. The number of rotatable bonds is 7. The van der Waals surface area contributed by atoms with Crippen molar-refractivity contribution in [2.75, 3.05) is 5.75 Å². The van der Waals surface area contributed by atoms with E-state index in [2.05, 4.69) is 171 Å². The van der Waals surface area contributed by atoms with Gasteiger partial charge in [0.05, 0.1) is 11.4 Å². The van der Waals surface area contributed by atoms with E-state index in [0.29, 0.717) is 5.82 Å². The van der Waals surface area contributed by atoms with Gasteiger partial charge in [0, 0.05) is 56.3 Å². The van der Waals surface area contributed by atoms with Crippen molar-refractivity contribution in [2.24, 2.45) is 0 Å². The molecular weight excluding hydrogens is 663 g/mol. The molecule has 1 aliphatic carbocycles. The lowest BCUT2D eigenvalue weighted by molar-refractivity contribution is 0.658. The first-order valence-electron chi connectivity index (χ1n) is 18.0. The number of nitrogens with zero attached hydrogens (tertiary/aromatic N) is 3. The predicted molar refractivity (Wildman–Crippen MR) is 222 cm³/mol. The van der Waals surface area contributed by atoms with Crippen molar-refractivity contribution in [1.29, 1.82) is 0 Å². The second kappa shape index (κ2) is 13.5. The van der Waals surface area contributed by atoms with Crippen LogP contribution in [-0.4, -0.2) is 20.7 Å². The van der Waals surface area contributed by atoms with Crippen LogP contribution in [0.3, 0.4) is 0 Å². The molecule has 9 rings (SSSR count). The van der Waals surface area contributed by atoms with Crippen molar-refractivity contribution in [3.63, 3.8) is 0 Å². The number of pyridine rings is 1. The van der Waals surface area contributed by atoms with E-state index in [1.165, 1.54) is 27.2 Å². The van der Waals surface area contributed by atoms with Gasteiger partial charge in [-0.3, -0.25) is 4.98 Å². The Bertz CT molecular complexity index is 2610. The van der Waals surface area contributed by atoms with Gasteiger partial charge in [-0.2, -0.15) is 0 Å². The lowest BCUT2D eigenvalue weighted by Gasteiger charge is -2.24. The van der Waals surface area contributed by atoms with Gasteiger partial charge in [-0.05, 0) is 74.9 Å². The summed E-state index contributed by atoms with van der Waals surface area (Å²) in [5.41, 5.74) is 16.5. The van der Waals surface area contributed by atoms with E-state index in [0.717, 1.165) is 67.2 Å². The molecule has 1 aliphatic heterocycles. The highest BCUT2D eigenvalue weighted by Crippen LogP contribution is 2.51. The number of allylic oxidation sites excluding steroid dienone is 4. The summed E-state index contributed by atoms with van der Waals surface area (Å²) >= 11 is 1.90. The van der Waals surface area contributed by atoms with Gasteiger partial charge in [-0.15, -0.1) is 11.8 Å². The highest BCUT2D eigenvalue weighted by Gasteiger charge is 2.40. The molecule has 254 valence electrons. The Morgan fingerprint density at radius 3 is 2.15 bits per heavy atom. The Morgan fingerprint density at radius 1 is 0.660 bits per heavy atom. The molecule has 0 bridgehead atoms. The van der Waals surface area contributed by atoms with Gasteiger partial charge in [0.15, 0.2) is 5.82 Å². The third-order valence-electron chi connectivity index (χ3n) is 10.4. The van der Waals surface area contributed by atoms with Crippen molar-refractivity contribution in [3.05, 3.63) is 193 Å². The minimum Gasteiger partial charge on any atom is -0.264 e. The number of aromatic nitrogens is 3. The molecule has 3 nitrogen and oxygen atoms in total. The first kappa shape index (κ1) is 32.8. The fraction of sp³-hybridized carbons (Fsp3) is 0.0816. The summed E-state index contributed by atoms with van der Waals surface area (Å²) in [6.07, 6.45) is 10.2. The van der Waals surface area contributed by atoms with Crippen LogP contribution in [0.5, 0.6) is 0 Å². The Balaban J connectivity index is 1.10. The predicted octanol–water partition coefficient (Wildman–Crippen LogP) is 12.6. The molecule has 7 aromatic rings. The summed E-state index contributed by atoms with van der Waals surface area (Å²) in [6, 6.07) is 47.2. The molecule has 0 fully saturated rings. The largest absolute Gasteiger partial charge is 0.264 e. The van der Waals surface area contributed by atoms with E-state index in [9.17, 15) is 0 Å². The zero-order valence-corrected chi connectivity index (χ0v) is 30.6. The summed E-state index contributed by atoms with van der Waals surface area (Å²) in [5, 5.41) is 0. The first-order valence-corrected chi connectivity index (χ1v) is 19.0. The van der Waals surface area contributed by atoms with Crippen molar-refractivity contribution in [1.82, 2.24) is 15.0 Å². The molecule has 2 aromatic heterocycles.